The average molecular weight is 314 g/mol. The molecule has 0 amide bonds. The number of aliphatic hydroxyl groups is 1. The third-order valence-corrected chi connectivity index (χ3v) is 7.02. The zero-order valence-electron chi connectivity index (χ0n) is 14.0. The van der Waals surface area contributed by atoms with E-state index in [0.29, 0.717) is 23.5 Å². The first-order valence-electron chi connectivity index (χ1n) is 8.90. The second-order valence-electron chi connectivity index (χ2n) is 7.92. The number of carbonyl (C=O) groups is 1. The summed E-state index contributed by atoms with van der Waals surface area (Å²) in [5, 5.41) is 9.57. The molecule has 2 fully saturated rings. The lowest BCUT2D eigenvalue weighted by Crippen LogP contribution is -2.42. The molecule has 1 aromatic carbocycles. The molecule has 0 bridgehead atoms. The molecule has 0 radical (unpaired) electrons. The number of fused-ring (bicyclic) bond motifs is 5. The monoisotopic (exact) mass is 314 g/mol. The third kappa shape index (κ3) is 2.09. The Morgan fingerprint density at radius 2 is 2.17 bits per heavy atom. The molecule has 0 unspecified atom stereocenters. The summed E-state index contributed by atoms with van der Waals surface area (Å²) < 4.78 is 5.37. The number of ether oxygens (including phenoxy) is 1. The van der Waals surface area contributed by atoms with Crippen LogP contribution in [0.3, 0.4) is 0 Å². The molecule has 3 aliphatic carbocycles. The van der Waals surface area contributed by atoms with Crippen LogP contribution in [0.5, 0.6) is 5.75 Å². The zero-order valence-corrected chi connectivity index (χ0v) is 14.0. The van der Waals surface area contributed by atoms with Gasteiger partial charge >= 0.3 is 0 Å². The summed E-state index contributed by atoms with van der Waals surface area (Å²) in [7, 11) is 1.72. The van der Waals surface area contributed by atoms with Crippen LogP contribution < -0.4 is 4.74 Å². The molecule has 0 saturated heterocycles. The Morgan fingerprint density at radius 3 is 2.91 bits per heavy atom. The fraction of sp³-hybridized carbons (Fsp3) is 0.650. The van der Waals surface area contributed by atoms with Crippen molar-refractivity contribution < 1.29 is 14.6 Å². The van der Waals surface area contributed by atoms with E-state index in [0.717, 1.165) is 37.9 Å². The number of hydrogen-bond donors (Lipinski definition) is 1. The fourth-order valence-electron chi connectivity index (χ4n) is 5.78. The number of benzene rings is 1. The third-order valence-electron chi connectivity index (χ3n) is 7.02. The lowest BCUT2D eigenvalue weighted by Gasteiger charge is -2.48. The lowest BCUT2D eigenvalue weighted by molar-refractivity contribution is -0.132. The lowest BCUT2D eigenvalue weighted by atomic mass is 9.55. The number of methoxy groups -OCH3 is 1. The molecule has 0 aromatic heterocycles. The molecule has 5 atom stereocenters. The minimum absolute atomic E-state index is 0.0239. The number of aryl methyl sites for hydroxylation is 1. The van der Waals surface area contributed by atoms with Crippen LogP contribution in [0, 0.1) is 23.2 Å². The highest BCUT2D eigenvalue weighted by Crippen LogP contribution is 2.60. The van der Waals surface area contributed by atoms with Crippen LogP contribution in [0.15, 0.2) is 18.2 Å². The first kappa shape index (κ1) is 15.2. The standard InChI is InChI=1S/C20H26O3/c1-20-8-7-16-15-6-4-14(23-2)9-12(15)3-5-17(16)18(20)10-13(11-21)19(20)22/h4,6,9,13,16-18,21H,3,5,7-8,10-11H2,1-2H3/t13-,16+,17+,18-,20+/m0/s1. The quantitative estimate of drug-likeness (QED) is 0.910. The van der Waals surface area contributed by atoms with Gasteiger partial charge in [0.2, 0.25) is 0 Å². The molecular formula is C20H26O3. The summed E-state index contributed by atoms with van der Waals surface area (Å²) in [5.41, 5.74) is 2.71. The van der Waals surface area contributed by atoms with Gasteiger partial charge in [0.1, 0.15) is 11.5 Å². The highest BCUT2D eigenvalue weighted by Gasteiger charge is 2.57. The van der Waals surface area contributed by atoms with Crippen LogP contribution in [-0.2, 0) is 11.2 Å². The molecule has 23 heavy (non-hydrogen) atoms. The Labute approximate surface area is 138 Å². The van der Waals surface area contributed by atoms with Gasteiger partial charge in [-0.3, -0.25) is 4.79 Å². The Hall–Kier alpha value is -1.35. The molecule has 1 aromatic rings. The van der Waals surface area contributed by atoms with Gasteiger partial charge in [-0.1, -0.05) is 13.0 Å². The van der Waals surface area contributed by atoms with Crippen LogP contribution in [0.1, 0.15) is 49.7 Å². The van der Waals surface area contributed by atoms with Crippen molar-refractivity contribution in [3.63, 3.8) is 0 Å². The van der Waals surface area contributed by atoms with E-state index in [4.69, 9.17) is 4.74 Å². The van der Waals surface area contributed by atoms with E-state index in [1.807, 2.05) is 0 Å². The number of carbonyl (C=O) groups excluding carboxylic acids is 1. The summed E-state index contributed by atoms with van der Waals surface area (Å²) in [4.78, 5) is 12.7. The van der Waals surface area contributed by atoms with Gasteiger partial charge < -0.3 is 9.84 Å². The van der Waals surface area contributed by atoms with E-state index < -0.39 is 0 Å². The van der Waals surface area contributed by atoms with E-state index in [1.54, 1.807) is 7.11 Å². The van der Waals surface area contributed by atoms with E-state index in [2.05, 4.69) is 25.1 Å². The van der Waals surface area contributed by atoms with E-state index in [9.17, 15) is 9.90 Å². The molecule has 2 saturated carbocycles. The van der Waals surface area contributed by atoms with Crippen molar-refractivity contribution in [2.24, 2.45) is 23.2 Å². The number of Topliss-reactive ketones (excluding diaryl/α,β-unsaturated/α-hetero) is 1. The van der Waals surface area contributed by atoms with E-state index >= 15 is 0 Å². The van der Waals surface area contributed by atoms with Crippen LogP contribution >= 0.6 is 0 Å². The van der Waals surface area contributed by atoms with E-state index in [-0.39, 0.29) is 17.9 Å². The zero-order chi connectivity index (χ0) is 16.2. The van der Waals surface area contributed by atoms with Gasteiger partial charge in [0.05, 0.1) is 13.7 Å². The van der Waals surface area contributed by atoms with E-state index in [1.165, 1.54) is 11.1 Å². The van der Waals surface area contributed by atoms with Crippen LogP contribution in [0.4, 0.5) is 0 Å². The number of ketones is 1. The highest BCUT2D eigenvalue weighted by atomic mass is 16.5. The van der Waals surface area contributed by atoms with Gasteiger partial charge in [0.25, 0.3) is 0 Å². The number of rotatable bonds is 2. The maximum atomic E-state index is 12.7. The van der Waals surface area contributed by atoms with Crippen LogP contribution in [0.2, 0.25) is 0 Å². The SMILES string of the molecule is COc1ccc2c(c1)CC[C@@H]1[C@@H]2CC[C@@]2(C)C(=O)[C@H](CO)C[C@@H]12. The largest absolute Gasteiger partial charge is 0.497 e. The maximum absolute atomic E-state index is 12.7. The average Bonchev–Trinajstić information content (AvgIpc) is 2.85. The fourth-order valence-corrected chi connectivity index (χ4v) is 5.78. The van der Waals surface area contributed by atoms with Gasteiger partial charge in [-0.05, 0) is 73.1 Å². The molecule has 3 heteroatoms. The molecule has 0 aliphatic heterocycles. The van der Waals surface area contributed by atoms with Gasteiger partial charge in [-0.15, -0.1) is 0 Å². The summed E-state index contributed by atoms with van der Waals surface area (Å²) in [6.45, 7) is 2.19. The smallest absolute Gasteiger partial charge is 0.144 e. The minimum Gasteiger partial charge on any atom is -0.497 e. The van der Waals surface area contributed by atoms with Crippen molar-refractivity contribution in [3.8, 4) is 5.75 Å². The predicted molar refractivity (Wildman–Crippen MR) is 88.6 cm³/mol. The minimum atomic E-state index is -0.196. The molecule has 4 rings (SSSR count). The molecule has 1 N–H and O–H groups in total. The predicted octanol–water partition coefficient (Wildman–Crippen LogP) is 3.34. The molecular weight excluding hydrogens is 288 g/mol. The van der Waals surface area contributed by atoms with Crippen LogP contribution in [0.25, 0.3) is 0 Å². The van der Waals surface area contributed by atoms with Crippen molar-refractivity contribution in [1.29, 1.82) is 0 Å². The maximum Gasteiger partial charge on any atom is 0.144 e. The normalized spacial score (nSPS) is 38.7. The molecule has 0 spiro atoms. The molecule has 124 valence electrons. The first-order valence-corrected chi connectivity index (χ1v) is 8.90. The molecule has 0 heterocycles. The van der Waals surface area contributed by atoms with Gasteiger partial charge in [0.15, 0.2) is 0 Å². The Balaban J connectivity index is 1.68. The Kier molecular flexibility index (Phi) is 3.53. The Morgan fingerprint density at radius 1 is 1.35 bits per heavy atom. The van der Waals surface area contributed by atoms with Crippen molar-refractivity contribution in [1.82, 2.24) is 0 Å². The van der Waals surface area contributed by atoms with Crippen LogP contribution in [-0.4, -0.2) is 24.6 Å². The topological polar surface area (TPSA) is 46.5 Å². The summed E-state index contributed by atoms with van der Waals surface area (Å²) >= 11 is 0. The van der Waals surface area contributed by atoms with Gasteiger partial charge in [-0.25, -0.2) is 0 Å². The number of hydrogen-bond acceptors (Lipinski definition) is 3. The summed E-state index contributed by atoms with van der Waals surface area (Å²) in [5.74, 6) is 2.76. The summed E-state index contributed by atoms with van der Waals surface area (Å²) in [6.07, 6.45) is 5.20. The van der Waals surface area contributed by atoms with Crippen molar-refractivity contribution in [3.05, 3.63) is 29.3 Å². The first-order chi connectivity index (χ1) is 11.1. The van der Waals surface area contributed by atoms with Crippen molar-refractivity contribution >= 4 is 5.78 Å². The molecule has 3 aliphatic rings. The van der Waals surface area contributed by atoms with Crippen molar-refractivity contribution in [2.45, 2.75) is 44.9 Å². The number of aliphatic hydroxyl groups excluding tert-OH is 1. The second-order valence-corrected chi connectivity index (χ2v) is 7.92. The molecule has 3 nitrogen and oxygen atoms in total. The van der Waals surface area contributed by atoms with Crippen molar-refractivity contribution in [2.75, 3.05) is 13.7 Å². The van der Waals surface area contributed by atoms with Gasteiger partial charge in [-0.2, -0.15) is 0 Å². The second kappa shape index (κ2) is 5.34. The van der Waals surface area contributed by atoms with Gasteiger partial charge in [0, 0.05) is 11.3 Å². The Bertz CT molecular complexity index is 638. The highest BCUT2D eigenvalue weighted by molar-refractivity contribution is 5.89. The summed E-state index contributed by atoms with van der Waals surface area (Å²) in [6, 6.07) is 6.51.